The quantitative estimate of drug-likeness (QED) is 0.604. The molecule has 0 radical (unpaired) electrons. The highest BCUT2D eigenvalue weighted by Crippen LogP contribution is 2.22. The first-order chi connectivity index (χ1) is 13.5. The fraction of sp³-hybridized carbons (Fsp3) is 0.0909. The predicted octanol–water partition coefficient (Wildman–Crippen LogP) is 4.87. The molecule has 4 nitrogen and oxygen atoms in total. The summed E-state index contributed by atoms with van der Waals surface area (Å²) >= 11 is 5.87. The highest BCUT2D eigenvalue weighted by molar-refractivity contribution is 6.33. The summed E-state index contributed by atoms with van der Waals surface area (Å²) in [5, 5.41) is 2.55. The number of esters is 1. The first kappa shape index (κ1) is 19.6. The van der Waals surface area contributed by atoms with Crippen LogP contribution in [0.4, 0.5) is 10.1 Å². The number of hydrogen-bond acceptors (Lipinski definition) is 3. The third-order valence-electron chi connectivity index (χ3n) is 4.01. The number of halogens is 2. The summed E-state index contributed by atoms with van der Waals surface area (Å²) in [5.74, 6) is -1.67. The Bertz CT molecular complexity index is 992. The van der Waals surface area contributed by atoms with Crippen molar-refractivity contribution in [3.8, 4) is 0 Å². The van der Waals surface area contributed by atoms with E-state index in [0.717, 1.165) is 17.2 Å². The molecule has 0 spiro atoms. The first-order valence-corrected chi connectivity index (χ1v) is 8.94. The number of hydrogen-bond donors (Lipinski definition) is 1. The number of benzene rings is 3. The summed E-state index contributed by atoms with van der Waals surface area (Å²) in [4.78, 5) is 24.5. The summed E-state index contributed by atoms with van der Waals surface area (Å²) in [6.45, 7) is -0.480. The Morgan fingerprint density at radius 3 is 2.43 bits per heavy atom. The number of carbonyl (C=O) groups is 2. The molecule has 3 aromatic rings. The van der Waals surface area contributed by atoms with Gasteiger partial charge >= 0.3 is 5.97 Å². The van der Waals surface area contributed by atoms with Crippen molar-refractivity contribution in [2.24, 2.45) is 0 Å². The lowest BCUT2D eigenvalue weighted by atomic mass is 10.00. The number of nitrogens with one attached hydrogen (secondary N) is 1. The number of amides is 1. The van der Waals surface area contributed by atoms with Gasteiger partial charge in [0.05, 0.1) is 16.3 Å². The zero-order valence-electron chi connectivity index (χ0n) is 14.8. The van der Waals surface area contributed by atoms with E-state index in [4.69, 9.17) is 16.3 Å². The van der Waals surface area contributed by atoms with Crippen molar-refractivity contribution in [3.05, 3.63) is 100 Å². The monoisotopic (exact) mass is 397 g/mol. The molecule has 0 saturated carbocycles. The number of ether oxygens (including phenoxy) is 1. The normalized spacial score (nSPS) is 10.4. The van der Waals surface area contributed by atoms with Gasteiger partial charge in [0.25, 0.3) is 5.91 Å². The standard InChI is InChI=1S/C22H17ClFNO3/c23-19-13-17(24)10-11-20(19)25-21(26)14-28-22(27)18-9-5-4-8-16(18)12-15-6-2-1-3-7-15/h1-11,13H,12,14H2,(H,25,26). The van der Waals surface area contributed by atoms with E-state index in [1.54, 1.807) is 12.1 Å². The van der Waals surface area contributed by atoms with Crippen molar-refractivity contribution < 1.29 is 18.7 Å². The molecule has 1 amide bonds. The van der Waals surface area contributed by atoms with Gasteiger partial charge in [-0.2, -0.15) is 0 Å². The van der Waals surface area contributed by atoms with Gasteiger partial charge in [-0.15, -0.1) is 0 Å². The fourth-order valence-electron chi connectivity index (χ4n) is 2.68. The van der Waals surface area contributed by atoms with Crippen molar-refractivity contribution in [2.75, 3.05) is 11.9 Å². The van der Waals surface area contributed by atoms with E-state index >= 15 is 0 Å². The molecule has 0 aliphatic rings. The Morgan fingerprint density at radius 2 is 1.68 bits per heavy atom. The van der Waals surface area contributed by atoms with Gasteiger partial charge in [-0.25, -0.2) is 9.18 Å². The Balaban J connectivity index is 1.62. The molecule has 0 atom stereocenters. The summed E-state index contributed by atoms with van der Waals surface area (Å²) < 4.78 is 18.2. The third-order valence-corrected chi connectivity index (χ3v) is 4.33. The van der Waals surface area contributed by atoms with Gasteiger partial charge in [0.1, 0.15) is 5.82 Å². The number of rotatable bonds is 6. The maximum atomic E-state index is 13.1. The number of anilines is 1. The van der Waals surface area contributed by atoms with Crippen LogP contribution in [-0.4, -0.2) is 18.5 Å². The molecule has 6 heteroatoms. The van der Waals surface area contributed by atoms with Crippen LogP contribution in [0, 0.1) is 5.82 Å². The lowest BCUT2D eigenvalue weighted by Crippen LogP contribution is -2.21. The van der Waals surface area contributed by atoms with Crippen LogP contribution in [0.5, 0.6) is 0 Å². The average Bonchev–Trinajstić information content (AvgIpc) is 2.69. The topological polar surface area (TPSA) is 55.4 Å². The van der Waals surface area contributed by atoms with Gasteiger partial charge in [-0.3, -0.25) is 4.79 Å². The molecular weight excluding hydrogens is 381 g/mol. The van der Waals surface area contributed by atoms with Crippen LogP contribution in [0.3, 0.4) is 0 Å². The molecule has 0 aromatic heterocycles. The molecule has 0 aliphatic carbocycles. The van der Waals surface area contributed by atoms with Crippen LogP contribution in [0.15, 0.2) is 72.8 Å². The van der Waals surface area contributed by atoms with Crippen LogP contribution < -0.4 is 5.32 Å². The molecule has 0 saturated heterocycles. The Kier molecular flexibility index (Phi) is 6.40. The fourth-order valence-corrected chi connectivity index (χ4v) is 2.89. The van der Waals surface area contributed by atoms with Crippen LogP contribution in [-0.2, 0) is 16.0 Å². The average molecular weight is 398 g/mol. The van der Waals surface area contributed by atoms with E-state index in [9.17, 15) is 14.0 Å². The van der Waals surface area contributed by atoms with Crippen molar-refractivity contribution >= 4 is 29.2 Å². The van der Waals surface area contributed by atoms with Crippen LogP contribution in [0.2, 0.25) is 5.02 Å². The largest absolute Gasteiger partial charge is 0.452 e. The smallest absolute Gasteiger partial charge is 0.338 e. The lowest BCUT2D eigenvalue weighted by Gasteiger charge is -2.11. The maximum absolute atomic E-state index is 13.1. The molecular formula is C22H17ClFNO3. The summed E-state index contributed by atoms with van der Waals surface area (Å²) in [6, 6.07) is 20.4. The molecule has 3 rings (SSSR count). The predicted molar refractivity (Wildman–Crippen MR) is 106 cm³/mol. The molecule has 0 unspecified atom stereocenters. The van der Waals surface area contributed by atoms with Gasteiger partial charge < -0.3 is 10.1 Å². The molecule has 0 bridgehead atoms. The maximum Gasteiger partial charge on any atom is 0.338 e. The lowest BCUT2D eigenvalue weighted by molar-refractivity contribution is -0.119. The summed E-state index contributed by atoms with van der Waals surface area (Å²) in [7, 11) is 0. The van der Waals surface area contributed by atoms with Gasteiger partial charge in [0.2, 0.25) is 0 Å². The van der Waals surface area contributed by atoms with Crippen molar-refractivity contribution in [2.45, 2.75) is 6.42 Å². The third kappa shape index (κ3) is 5.18. The second-order valence-electron chi connectivity index (χ2n) is 6.07. The second-order valence-corrected chi connectivity index (χ2v) is 6.48. The van der Waals surface area contributed by atoms with E-state index in [2.05, 4.69) is 5.32 Å². The van der Waals surface area contributed by atoms with Crippen molar-refractivity contribution in [1.82, 2.24) is 0 Å². The molecule has 28 heavy (non-hydrogen) atoms. The van der Waals surface area contributed by atoms with Crippen LogP contribution in [0.1, 0.15) is 21.5 Å². The van der Waals surface area contributed by atoms with Crippen LogP contribution >= 0.6 is 11.6 Å². The SMILES string of the molecule is O=C(COC(=O)c1ccccc1Cc1ccccc1)Nc1ccc(F)cc1Cl. The van der Waals surface area contributed by atoms with Gasteiger partial charge in [0, 0.05) is 0 Å². The van der Waals surface area contributed by atoms with E-state index in [0.29, 0.717) is 12.0 Å². The minimum atomic E-state index is -0.591. The molecule has 0 aliphatic heterocycles. The van der Waals surface area contributed by atoms with Crippen LogP contribution in [0.25, 0.3) is 0 Å². The van der Waals surface area contributed by atoms with Crippen molar-refractivity contribution in [1.29, 1.82) is 0 Å². The summed E-state index contributed by atoms with van der Waals surface area (Å²) in [6.07, 6.45) is 0.573. The number of carbonyl (C=O) groups excluding carboxylic acids is 2. The zero-order valence-corrected chi connectivity index (χ0v) is 15.6. The Hall–Kier alpha value is -3.18. The molecule has 0 fully saturated rings. The van der Waals surface area contributed by atoms with E-state index < -0.39 is 24.3 Å². The van der Waals surface area contributed by atoms with E-state index in [1.165, 1.54) is 12.1 Å². The van der Waals surface area contributed by atoms with Crippen molar-refractivity contribution in [3.63, 3.8) is 0 Å². The second kappa shape index (κ2) is 9.15. The Morgan fingerprint density at radius 1 is 0.964 bits per heavy atom. The van der Waals surface area contributed by atoms with E-state index in [1.807, 2.05) is 42.5 Å². The van der Waals surface area contributed by atoms with Gasteiger partial charge in [-0.1, -0.05) is 60.1 Å². The Labute approximate surface area is 166 Å². The molecule has 1 N–H and O–H groups in total. The summed E-state index contributed by atoms with van der Waals surface area (Å²) in [5.41, 5.74) is 2.51. The van der Waals surface area contributed by atoms with Gasteiger partial charge in [-0.05, 0) is 41.8 Å². The highest BCUT2D eigenvalue weighted by atomic mass is 35.5. The first-order valence-electron chi connectivity index (χ1n) is 8.57. The minimum absolute atomic E-state index is 0.0629. The highest BCUT2D eigenvalue weighted by Gasteiger charge is 2.15. The van der Waals surface area contributed by atoms with Gasteiger partial charge in [0.15, 0.2) is 6.61 Å². The molecule has 142 valence electrons. The minimum Gasteiger partial charge on any atom is -0.452 e. The van der Waals surface area contributed by atoms with E-state index in [-0.39, 0.29) is 10.7 Å². The zero-order chi connectivity index (χ0) is 19.9. The molecule has 0 heterocycles. The molecule has 3 aromatic carbocycles.